The van der Waals surface area contributed by atoms with Crippen molar-refractivity contribution < 1.29 is 9.32 Å². The van der Waals surface area contributed by atoms with Gasteiger partial charge >= 0.3 is 0 Å². The molecule has 2 heterocycles. The molecule has 0 aliphatic rings. The lowest BCUT2D eigenvalue weighted by atomic mass is 10.3. The van der Waals surface area contributed by atoms with E-state index >= 15 is 0 Å². The Labute approximate surface area is 97.0 Å². The Balaban J connectivity index is 2.14. The van der Waals surface area contributed by atoms with Crippen molar-refractivity contribution in [2.24, 2.45) is 5.84 Å². The van der Waals surface area contributed by atoms with E-state index in [-0.39, 0.29) is 11.6 Å². The van der Waals surface area contributed by atoms with Crippen molar-refractivity contribution in [2.75, 3.05) is 10.7 Å². The van der Waals surface area contributed by atoms with Crippen molar-refractivity contribution in [3.8, 4) is 0 Å². The predicted molar refractivity (Wildman–Crippen MR) is 61.2 cm³/mol. The van der Waals surface area contributed by atoms with Gasteiger partial charge in [-0.1, -0.05) is 11.2 Å². The number of carbonyl (C=O) groups excluding carboxylic acids is 1. The second kappa shape index (κ2) is 4.62. The average Bonchev–Trinajstić information content (AvgIpc) is 2.75. The van der Waals surface area contributed by atoms with Crippen molar-refractivity contribution in [1.82, 2.24) is 10.1 Å². The first-order chi connectivity index (χ1) is 8.19. The molecule has 0 fully saturated rings. The Morgan fingerprint density at radius 3 is 2.94 bits per heavy atom. The normalized spacial score (nSPS) is 10.0. The number of amides is 1. The van der Waals surface area contributed by atoms with Crippen molar-refractivity contribution in [3.63, 3.8) is 0 Å². The maximum absolute atomic E-state index is 11.8. The van der Waals surface area contributed by atoms with Gasteiger partial charge in [0.15, 0.2) is 0 Å². The molecule has 7 nitrogen and oxygen atoms in total. The number of hydrazine groups is 1. The lowest BCUT2D eigenvalue weighted by Gasteiger charge is -2.02. The molecular formula is C10H11N5O2. The van der Waals surface area contributed by atoms with Gasteiger partial charge < -0.3 is 9.95 Å². The number of hydrogen-bond donors (Lipinski definition) is 3. The Morgan fingerprint density at radius 2 is 2.29 bits per heavy atom. The largest absolute Gasteiger partial charge is 0.338 e. The molecule has 7 heteroatoms. The Bertz CT molecular complexity index is 537. The molecule has 0 bridgehead atoms. The first kappa shape index (κ1) is 11.1. The minimum Gasteiger partial charge on any atom is -0.338 e. The standard InChI is InChI=1S/C10H11N5O2/c1-6-5-9(17-15-6)13-10(16)7-3-2-4-8(12-7)14-11/h2-5H,11H2,1H3,(H,12,14)(H,13,16). The van der Waals surface area contributed by atoms with Gasteiger partial charge in [0.25, 0.3) is 5.91 Å². The van der Waals surface area contributed by atoms with Gasteiger partial charge in [0, 0.05) is 6.07 Å². The van der Waals surface area contributed by atoms with Crippen LogP contribution < -0.4 is 16.6 Å². The molecule has 88 valence electrons. The summed E-state index contributed by atoms with van der Waals surface area (Å²) in [4.78, 5) is 15.7. The predicted octanol–water partition coefficient (Wildman–Crippen LogP) is 0.916. The number of pyridine rings is 1. The van der Waals surface area contributed by atoms with Crippen LogP contribution in [0.5, 0.6) is 0 Å². The van der Waals surface area contributed by atoms with Crippen molar-refractivity contribution >= 4 is 17.6 Å². The first-order valence-corrected chi connectivity index (χ1v) is 4.87. The van der Waals surface area contributed by atoms with E-state index in [0.717, 1.165) is 0 Å². The van der Waals surface area contributed by atoms with Crippen molar-refractivity contribution in [3.05, 3.63) is 35.7 Å². The van der Waals surface area contributed by atoms with Gasteiger partial charge in [-0.05, 0) is 19.1 Å². The topological polar surface area (TPSA) is 106 Å². The summed E-state index contributed by atoms with van der Waals surface area (Å²) in [6.07, 6.45) is 0. The maximum Gasteiger partial charge on any atom is 0.276 e. The fourth-order valence-corrected chi connectivity index (χ4v) is 1.24. The molecule has 0 radical (unpaired) electrons. The van der Waals surface area contributed by atoms with Gasteiger partial charge in [0.05, 0.1) is 5.69 Å². The average molecular weight is 233 g/mol. The highest BCUT2D eigenvalue weighted by molar-refractivity contribution is 6.02. The molecule has 0 saturated carbocycles. The van der Waals surface area contributed by atoms with Crippen LogP contribution in [-0.4, -0.2) is 16.0 Å². The lowest BCUT2D eigenvalue weighted by Crippen LogP contribution is -2.15. The van der Waals surface area contributed by atoms with Gasteiger partial charge in [0.2, 0.25) is 5.88 Å². The van der Waals surface area contributed by atoms with Crippen LogP contribution in [0.15, 0.2) is 28.8 Å². The molecule has 2 aromatic rings. The van der Waals surface area contributed by atoms with Gasteiger partial charge in [-0.15, -0.1) is 0 Å². The van der Waals surface area contributed by atoms with Gasteiger partial charge in [-0.3, -0.25) is 10.1 Å². The molecule has 0 unspecified atom stereocenters. The zero-order valence-corrected chi connectivity index (χ0v) is 9.10. The van der Waals surface area contributed by atoms with Crippen LogP contribution in [0.4, 0.5) is 11.7 Å². The Hall–Kier alpha value is -2.41. The van der Waals surface area contributed by atoms with E-state index in [1.165, 1.54) is 0 Å². The van der Waals surface area contributed by atoms with E-state index in [4.69, 9.17) is 10.4 Å². The van der Waals surface area contributed by atoms with Crippen LogP contribution in [0.25, 0.3) is 0 Å². The Morgan fingerprint density at radius 1 is 1.47 bits per heavy atom. The van der Waals surface area contributed by atoms with Crippen LogP contribution in [0, 0.1) is 6.92 Å². The summed E-state index contributed by atoms with van der Waals surface area (Å²) in [5, 5.41) is 6.19. The fourth-order valence-electron chi connectivity index (χ4n) is 1.24. The van der Waals surface area contributed by atoms with Crippen LogP contribution in [0.2, 0.25) is 0 Å². The summed E-state index contributed by atoms with van der Waals surface area (Å²) in [5.41, 5.74) is 3.28. The number of aryl methyl sites for hydroxylation is 1. The lowest BCUT2D eigenvalue weighted by molar-refractivity contribution is 0.101. The second-order valence-electron chi connectivity index (χ2n) is 3.34. The molecule has 2 rings (SSSR count). The third-order valence-corrected chi connectivity index (χ3v) is 1.99. The fraction of sp³-hybridized carbons (Fsp3) is 0.100. The highest BCUT2D eigenvalue weighted by Gasteiger charge is 2.10. The van der Waals surface area contributed by atoms with E-state index in [1.807, 2.05) is 0 Å². The van der Waals surface area contributed by atoms with Gasteiger partial charge in [-0.25, -0.2) is 10.8 Å². The summed E-state index contributed by atoms with van der Waals surface area (Å²) in [5.74, 6) is 5.50. The number of nitrogens with two attached hydrogens (primary N) is 1. The molecule has 1 amide bonds. The van der Waals surface area contributed by atoms with E-state index in [9.17, 15) is 4.79 Å². The maximum atomic E-state index is 11.8. The van der Waals surface area contributed by atoms with Crippen LogP contribution in [-0.2, 0) is 0 Å². The monoisotopic (exact) mass is 233 g/mol. The number of hydrogen-bond acceptors (Lipinski definition) is 6. The number of carbonyl (C=O) groups is 1. The van der Waals surface area contributed by atoms with Crippen molar-refractivity contribution in [2.45, 2.75) is 6.92 Å². The molecule has 0 saturated heterocycles. The van der Waals surface area contributed by atoms with Gasteiger partial charge in [-0.2, -0.15) is 0 Å². The van der Waals surface area contributed by atoms with E-state index in [2.05, 4.69) is 20.9 Å². The number of nitrogens with zero attached hydrogens (tertiary/aromatic N) is 2. The molecule has 0 aromatic carbocycles. The molecule has 2 aromatic heterocycles. The number of aromatic nitrogens is 2. The van der Waals surface area contributed by atoms with Crippen LogP contribution in [0.1, 0.15) is 16.2 Å². The highest BCUT2D eigenvalue weighted by Crippen LogP contribution is 2.10. The third kappa shape index (κ3) is 2.58. The summed E-state index contributed by atoms with van der Waals surface area (Å²) >= 11 is 0. The molecule has 0 atom stereocenters. The van der Waals surface area contributed by atoms with Crippen LogP contribution in [0.3, 0.4) is 0 Å². The zero-order chi connectivity index (χ0) is 12.3. The SMILES string of the molecule is Cc1cc(NC(=O)c2cccc(NN)n2)on1. The van der Waals surface area contributed by atoms with Crippen molar-refractivity contribution in [1.29, 1.82) is 0 Å². The first-order valence-electron chi connectivity index (χ1n) is 4.87. The van der Waals surface area contributed by atoms with Crippen LogP contribution >= 0.6 is 0 Å². The number of nitrogen functional groups attached to an aromatic ring is 1. The number of anilines is 2. The molecule has 0 aliphatic carbocycles. The summed E-state index contributed by atoms with van der Waals surface area (Å²) in [6, 6.07) is 6.50. The van der Waals surface area contributed by atoms with Gasteiger partial charge in [0.1, 0.15) is 11.5 Å². The summed E-state index contributed by atoms with van der Waals surface area (Å²) in [7, 11) is 0. The molecule has 0 aliphatic heterocycles. The zero-order valence-electron chi connectivity index (χ0n) is 9.10. The molecular weight excluding hydrogens is 222 g/mol. The van der Waals surface area contributed by atoms with E-state index in [1.54, 1.807) is 31.2 Å². The second-order valence-corrected chi connectivity index (χ2v) is 3.34. The van der Waals surface area contributed by atoms with E-state index < -0.39 is 5.91 Å². The molecule has 0 spiro atoms. The third-order valence-electron chi connectivity index (χ3n) is 1.99. The van der Waals surface area contributed by atoms with E-state index in [0.29, 0.717) is 11.5 Å². The number of rotatable bonds is 3. The minimum atomic E-state index is -0.391. The quantitative estimate of drug-likeness (QED) is 0.537. The summed E-state index contributed by atoms with van der Waals surface area (Å²) < 4.78 is 4.86. The Kier molecular flexibility index (Phi) is 3.01. The smallest absolute Gasteiger partial charge is 0.276 e. The molecule has 17 heavy (non-hydrogen) atoms. The molecule has 4 N–H and O–H groups in total. The minimum absolute atomic E-state index is 0.231. The highest BCUT2D eigenvalue weighted by atomic mass is 16.5. The number of nitrogens with one attached hydrogen (secondary N) is 2. The summed E-state index contributed by atoms with van der Waals surface area (Å²) in [6.45, 7) is 1.76.